The van der Waals surface area contributed by atoms with Gasteiger partial charge in [0, 0.05) is 12.1 Å². The average molecular weight is 444 g/mol. The molecule has 0 heterocycles. The van der Waals surface area contributed by atoms with Crippen LogP contribution < -0.4 is 5.73 Å². The predicted molar refractivity (Wildman–Crippen MR) is 107 cm³/mol. The van der Waals surface area contributed by atoms with Gasteiger partial charge in [-0.05, 0) is 38.8 Å². The number of rotatable bonds is 8. The van der Waals surface area contributed by atoms with Gasteiger partial charge in [0.25, 0.3) is 5.69 Å². The Balaban J connectivity index is 0.000000759. The van der Waals surface area contributed by atoms with Crippen molar-refractivity contribution in [2.75, 3.05) is 0 Å². The minimum absolute atomic E-state index is 0.0534. The minimum Gasteiger partial charge on any atom is -0.479 e. The molecule has 3 atom stereocenters. The van der Waals surface area contributed by atoms with Gasteiger partial charge in [-0.15, -0.1) is 0 Å². The molecule has 31 heavy (non-hydrogen) atoms. The van der Waals surface area contributed by atoms with Gasteiger partial charge in [0.15, 0.2) is 12.2 Å². The molecule has 0 aliphatic heterocycles. The number of benzene rings is 1. The van der Waals surface area contributed by atoms with Crippen LogP contribution in [-0.2, 0) is 14.3 Å². The van der Waals surface area contributed by atoms with Crippen molar-refractivity contribution in [1.82, 2.24) is 0 Å². The molecule has 12 nitrogen and oxygen atoms in total. The van der Waals surface area contributed by atoms with Crippen molar-refractivity contribution in [1.29, 1.82) is 0 Å². The van der Waals surface area contributed by atoms with Crippen LogP contribution in [0.3, 0.4) is 0 Å². The van der Waals surface area contributed by atoms with Gasteiger partial charge < -0.3 is 30.9 Å². The van der Waals surface area contributed by atoms with E-state index in [-0.39, 0.29) is 17.3 Å². The molecular weight excluding hydrogens is 416 g/mol. The van der Waals surface area contributed by atoms with Crippen molar-refractivity contribution in [3.8, 4) is 0 Å². The predicted octanol–water partition coefficient (Wildman–Crippen LogP) is 1.23. The van der Waals surface area contributed by atoms with Crippen LogP contribution in [0.2, 0.25) is 0 Å². The van der Waals surface area contributed by atoms with E-state index >= 15 is 0 Å². The second-order valence-electron chi connectivity index (χ2n) is 7.50. The van der Waals surface area contributed by atoms with Gasteiger partial charge in [0.05, 0.1) is 4.92 Å². The molecule has 1 rings (SSSR count). The van der Waals surface area contributed by atoms with Crippen molar-refractivity contribution in [2.45, 2.75) is 64.4 Å². The number of nitro groups is 1. The first-order valence-corrected chi connectivity index (χ1v) is 9.21. The number of carboxylic acids is 2. The molecule has 1 aromatic rings. The van der Waals surface area contributed by atoms with E-state index < -0.39 is 40.6 Å². The lowest BCUT2D eigenvalue weighted by molar-refractivity contribution is -0.385. The van der Waals surface area contributed by atoms with Crippen LogP contribution in [0.5, 0.6) is 0 Å². The first kappa shape index (κ1) is 27.9. The first-order valence-electron chi connectivity index (χ1n) is 9.21. The second-order valence-corrected chi connectivity index (χ2v) is 7.50. The second kappa shape index (κ2) is 11.9. The summed E-state index contributed by atoms with van der Waals surface area (Å²) < 4.78 is 5.19. The number of aliphatic hydroxyl groups excluding tert-OH is 2. The Kier molecular flexibility index (Phi) is 10.7. The van der Waals surface area contributed by atoms with Crippen LogP contribution in [0.4, 0.5) is 5.69 Å². The van der Waals surface area contributed by atoms with Gasteiger partial charge in [-0.1, -0.05) is 19.4 Å². The minimum atomic E-state index is -2.27. The molecule has 0 aromatic heterocycles. The Morgan fingerprint density at radius 3 is 1.97 bits per heavy atom. The fourth-order valence-electron chi connectivity index (χ4n) is 2.18. The highest BCUT2D eigenvalue weighted by atomic mass is 16.6. The number of aliphatic hydroxyl groups is 2. The van der Waals surface area contributed by atoms with Crippen LogP contribution in [0, 0.1) is 10.1 Å². The lowest BCUT2D eigenvalue weighted by atomic mass is 10.0. The van der Waals surface area contributed by atoms with Gasteiger partial charge in [-0.2, -0.15) is 0 Å². The summed E-state index contributed by atoms with van der Waals surface area (Å²) in [5.74, 6) is -4.24. The van der Waals surface area contributed by atoms with Gasteiger partial charge in [0.1, 0.15) is 11.2 Å². The Labute approximate surface area is 178 Å². The molecule has 174 valence electrons. The van der Waals surface area contributed by atoms with Crippen LogP contribution in [-0.4, -0.2) is 61.1 Å². The van der Waals surface area contributed by atoms with Gasteiger partial charge >= 0.3 is 17.9 Å². The number of hydrogen-bond acceptors (Lipinski definition) is 9. The zero-order chi connectivity index (χ0) is 24.5. The molecule has 0 aliphatic carbocycles. The Morgan fingerprint density at radius 2 is 1.61 bits per heavy atom. The topological polar surface area (TPSA) is 211 Å². The lowest BCUT2D eigenvalue weighted by Crippen LogP contribution is -2.39. The molecule has 0 bridgehead atoms. The number of aliphatic carboxylic acids is 2. The van der Waals surface area contributed by atoms with Crippen LogP contribution in [0.25, 0.3) is 0 Å². The number of carbonyl (C=O) groups is 3. The normalized spacial score (nSPS) is 13.8. The lowest BCUT2D eigenvalue weighted by Gasteiger charge is -2.19. The Hall–Kier alpha value is -3.09. The third-order valence-electron chi connectivity index (χ3n) is 3.67. The smallest absolute Gasteiger partial charge is 0.345 e. The summed E-state index contributed by atoms with van der Waals surface area (Å²) >= 11 is 0. The van der Waals surface area contributed by atoms with Crippen molar-refractivity contribution in [2.24, 2.45) is 5.73 Å². The van der Waals surface area contributed by atoms with E-state index in [0.29, 0.717) is 5.56 Å². The van der Waals surface area contributed by atoms with Gasteiger partial charge in [-0.3, -0.25) is 10.1 Å². The number of ether oxygens (including phenoxy) is 1. The van der Waals surface area contributed by atoms with Crippen molar-refractivity contribution in [3.05, 3.63) is 39.4 Å². The fraction of sp³-hybridized carbons (Fsp3) is 0.526. The van der Waals surface area contributed by atoms with Crippen molar-refractivity contribution < 1.29 is 44.5 Å². The summed E-state index contributed by atoms with van der Waals surface area (Å²) in [4.78, 5) is 42.2. The third kappa shape index (κ3) is 9.51. The molecule has 6 N–H and O–H groups in total. The fourth-order valence-corrected chi connectivity index (χ4v) is 2.18. The zero-order valence-electron chi connectivity index (χ0n) is 17.6. The first-order chi connectivity index (χ1) is 14.1. The molecule has 0 spiro atoms. The van der Waals surface area contributed by atoms with Gasteiger partial charge in [0.2, 0.25) is 0 Å². The van der Waals surface area contributed by atoms with Crippen molar-refractivity contribution in [3.63, 3.8) is 0 Å². The van der Waals surface area contributed by atoms with E-state index in [1.807, 2.05) is 6.92 Å². The maximum Gasteiger partial charge on any atom is 0.345 e. The number of carbonyl (C=O) groups excluding carboxylic acids is 1. The molecule has 1 aromatic carbocycles. The monoisotopic (exact) mass is 444 g/mol. The number of nitro benzene ring substituents is 1. The quantitative estimate of drug-likeness (QED) is 0.218. The SMILES string of the molecule is CCC[C@@H](N)c1ccc(C(=O)OC(C)(C)C)c([N+](=O)[O-])c1.O=C(O)[C@@H](O)[C@H](O)C(=O)O. The molecule has 0 radical (unpaired) electrons. The van der Waals surface area contributed by atoms with Crippen LogP contribution in [0.15, 0.2) is 18.2 Å². The molecule has 0 saturated carbocycles. The van der Waals surface area contributed by atoms with E-state index in [9.17, 15) is 24.5 Å². The summed E-state index contributed by atoms with van der Waals surface area (Å²) in [6.45, 7) is 7.12. The Bertz CT molecular complexity index is 785. The highest BCUT2D eigenvalue weighted by molar-refractivity contribution is 5.94. The zero-order valence-corrected chi connectivity index (χ0v) is 17.6. The number of carboxylic acid groups (broad SMARTS) is 2. The van der Waals surface area contributed by atoms with E-state index in [1.54, 1.807) is 26.8 Å². The largest absolute Gasteiger partial charge is 0.479 e. The number of nitrogens with zero attached hydrogens (tertiary/aromatic N) is 1. The van der Waals surface area contributed by atoms with E-state index in [1.165, 1.54) is 12.1 Å². The third-order valence-corrected chi connectivity index (χ3v) is 3.67. The summed E-state index contributed by atoms with van der Waals surface area (Å²) in [7, 11) is 0. The maximum absolute atomic E-state index is 12.0. The molecule has 12 heteroatoms. The molecular formula is C19H28N2O10. The van der Waals surface area contributed by atoms with Gasteiger partial charge in [-0.25, -0.2) is 14.4 Å². The molecule has 0 unspecified atom stereocenters. The average Bonchev–Trinajstić information content (AvgIpc) is 2.65. The molecule has 0 aliphatic rings. The Morgan fingerprint density at radius 1 is 1.13 bits per heavy atom. The van der Waals surface area contributed by atoms with Crippen LogP contribution in [0.1, 0.15) is 62.5 Å². The van der Waals surface area contributed by atoms with E-state index in [4.69, 9.17) is 30.9 Å². The van der Waals surface area contributed by atoms with Crippen LogP contribution >= 0.6 is 0 Å². The maximum atomic E-state index is 12.0. The van der Waals surface area contributed by atoms with E-state index in [2.05, 4.69) is 0 Å². The number of hydrogen-bond donors (Lipinski definition) is 5. The summed E-state index contributed by atoms with van der Waals surface area (Å²) in [5, 5.41) is 43.7. The van der Waals surface area contributed by atoms with E-state index in [0.717, 1.165) is 12.8 Å². The molecule has 0 fully saturated rings. The standard InChI is InChI=1S/C15H22N2O4.C4H6O6/c1-5-6-12(16)10-7-8-11(13(9-10)17(19)20)14(18)21-15(2,3)4;5-1(3(7)8)2(6)4(9)10/h7-9,12H,5-6,16H2,1-4H3;1-2,5-6H,(H,7,8)(H,9,10)/t12-;1-,2-/m10/s1. The summed E-state index contributed by atoms with van der Waals surface area (Å²) in [6, 6.07) is 4.14. The molecule has 0 amide bonds. The van der Waals surface area contributed by atoms with Crippen molar-refractivity contribution >= 4 is 23.6 Å². The summed E-state index contributed by atoms with van der Waals surface area (Å²) in [6.07, 6.45) is -2.93. The highest BCUT2D eigenvalue weighted by Crippen LogP contribution is 2.26. The molecule has 0 saturated heterocycles. The highest BCUT2D eigenvalue weighted by Gasteiger charge is 2.29. The number of esters is 1. The number of nitrogens with two attached hydrogens (primary N) is 1. The summed E-state index contributed by atoms with van der Waals surface area (Å²) in [5.41, 5.74) is 5.58.